The van der Waals surface area contributed by atoms with Gasteiger partial charge in [0.1, 0.15) is 11.5 Å². The number of allylic oxidation sites excluding steroid dienone is 1. The lowest BCUT2D eigenvalue weighted by Crippen LogP contribution is -2.40. The molecular weight excluding hydrogens is 441 g/mol. The Hall–Kier alpha value is -3.47. The van der Waals surface area contributed by atoms with Crippen molar-refractivity contribution in [2.75, 3.05) is 19.1 Å². The van der Waals surface area contributed by atoms with Crippen molar-refractivity contribution < 1.29 is 19.1 Å². The van der Waals surface area contributed by atoms with Crippen molar-refractivity contribution in [3.63, 3.8) is 0 Å². The second-order valence-electron chi connectivity index (χ2n) is 6.46. The molecule has 1 atom stereocenters. The highest BCUT2D eigenvalue weighted by molar-refractivity contribution is 6.35. The van der Waals surface area contributed by atoms with E-state index in [1.165, 1.54) is 37.3 Å². The fourth-order valence-corrected chi connectivity index (χ4v) is 3.96. The lowest BCUT2D eigenvalue weighted by Gasteiger charge is -2.36. The summed E-state index contributed by atoms with van der Waals surface area (Å²) >= 11 is 12.3. The van der Waals surface area contributed by atoms with Gasteiger partial charge < -0.3 is 15.2 Å². The van der Waals surface area contributed by atoms with Gasteiger partial charge >= 0.3 is 11.9 Å². The van der Waals surface area contributed by atoms with Crippen LogP contribution in [0.2, 0.25) is 10.0 Å². The summed E-state index contributed by atoms with van der Waals surface area (Å²) in [5.41, 5.74) is 6.99. The molecule has 9 heteroatoms. The number of esters is 2. The number of nitrogens with zero attached hydrogens (tertiary/aromatic N) is 2. The van der Waals surface area contributed by atoms with Crippen LogP contribution < -0.4 is 10.6 Å². The van der Waals surface area contributed by atoms with Crippen LogP contribution in [0.25, 0.3) is 0 Å². The first kappa shape index (κ1) is 22.2. The Kier molecular flexibility index (Phi) is 6.54. The van der Waals surface area contributed by atoms with Gasteiger partial charge in [0, 0.05) is 10.0 Å². The Labute approximate surface area is 188 Å². The lowest BCUT2D eigenvalue weighted by molar-refractivity contribution is -0.139. The highest BCUT2D eigenvalue weighted by Crippen LogP contribution is 2.43. The largest absolute Gasteiger partial charge is 0.466 e. The molecule has 0 saturated carbocycles. The van der Waals surface area contributed by atoms with E-state index in [1.54, 1.807) is 30.3 Å². The van der Waals surface area contributed by atoms with Crippen LogP contribution in [-0.4, -0.2) is 26.2 Å². The third kappa shape index (κ3) is 4.08. The molecule has 0 fully saturated rings. The predicted molar refractivity (Wildman–Crippen MR) is 116 cm³/mol. The second-order valence-corrected chi connectivity index (χ2v) is 7.34. The number of carbonyl (C=O) groups is 2. The third-order valence-electron chi connectivity index (χ3n) is 4.72. The Bertz CT molecular complexity index is 1130. The van der Waals surface area contributed by atoms with E-state index in [9.17, 15) is 14.9 Å². The number of benzene rings is 2. The first-order chi connectivity index (χ1) is 14.8. The molecule has 1 aliphatic heterocycles. The molecule has 0 spiro atoms. The molecule has 3 rings (SSSR count). The molecule has 0 bridgehead atoms. The zero-order valence-electron chi connectivity index (χ0n) is 16.6. The molecule has 2 aromatic rings. The number of carbonyl (C=O) groups excluding carboxylic acids is 2. The molecule has 31 heavy (non-hydrogen) atoms. The highest BCUT2D eigenvalue weighted by atomic mass is 35.5. The predicted octanol–water partition coefficient (Wildman–Crippen LogP) is 3.89. The average molecular weight is 458 g/mol. The zero-order chi connectivity index (χ0) is 22.7. The number of nitrogens with two attached hydrogens (primary N) is 1. The van der Waals surface area contributed by atoms with Crippen molar-refractivity contribution >= 4 is 40.8 Å². The molecule has 0 saturated heterocycles. The van der Waals surface area contributed by atoms with Crippen molar-refractivity contribution in [3.8, 4) is 6.07 Å². The summed E-state index contributed by atoms with van der Waals surface area (Å²) in [5, 5.41) is 10.5. The number of nitriles is 1. The van der Waals surface area contributed by atoms with Gasteiger partial charge in [-0.1, -0.05) is 53.5 Å². The molecule has 158 valence electrons. The summed E-state index contributed by atoms with van der Waals surface area (Å²) in [6.45, 7) is 0. The summed E-state index contributed by atoms with van der Waals surface area (Å²) in [4.78, 5) is 27.1. The van der Waals surface area contributed by atoms with E-state index < -0.39 is 17.9 Å². The van der Waals surface area contributed by atoms with Gasteiger partial charge in [0.25, 0.3) is 0 Å². The standard InChI is InChI=1S/C22H17Cl2N3O4/c1-30-21(28)18-17(12-6-4-3-5-7-12)16(11-25)20(26)27(19(18)22(29)31-2)15-9-13(23)8-14(24)10-15/h3-10,17H,26H2,1-2H3. The normalized spacial score (nSPS) is 16.1. The van der Waals surface area contributed by atoms with Crippen molar-refractivity contribution in [3.05, 3.63) is 86.8 Å². The maximum atomic E-state index is 12.9. The van der Waals surface area contributed by atoms with Gasteiger partial charge in [-0.3, -0.25) is 4.90 Å². The van der Waals surface area contributed by atoms with Gasteiger partial charge in [-0.2, -0.15) is 5.26 Å². The quantitative estimate of drug-likeness (QED) is 0.693. The average Bonchev–Trinajstić information content (AvgIpc) is 2.76. The molecule has 2 N–H and O–H groups in total. The maximum Gasteiger partial charge on any atom is 0.355 e. The van der Waals surface area contributed by atoms with Gasteiger partial charge in [0.2, 0.25) is 0 Å². The van der Waals surface area contributed by atoms with Crippen molar-refractivity contribution in [1.29, 1.82) is 5.26 Å². The van der Waals surface area contributed by atoms with Gasteiger partial charge in [0.05, 0.1) is 43.0 Å². The van der Waals surface area contributed by atoms with E-state index in [0.29, 0.717) is 5.56 Å². The van der Waals surface area contributed by atoms with E-state index in [1.807, 2.05) is 0 Å². The van der Waals surface area contributed by atoms with E-state index in [0.717, 1.165) is 0 Å². The molecule has 0 amide bonds. The molecule has 0 radical (unpaired) electrons. The minimum Gasteiger partial charge on any atom is -0.466 e. The fourth-order valence-electron chi connectivity index (χ4n) is 3.45. The van der Waals surface area contributed by atoms with E-state index >= 15 is 0 Å². The van der Waals surface area contributed by atoms with Crippen LogP contribution in [0, 0.1) is 11.3 Å². The zero-order valence-corrected chi connectivity index (χ0v) is 18.1. The summed E-state index contributed by atoms with van der Waals surface area (Å²) in [6.07, 6.45) is 0. The summed E-state index contributed by atoms with van der Waals surface area (Å²) in [7, 11) is 2.35. The van der Waals surface area contributed by atoms with Crippen LogP contribution in [0.4, 0.5) is 5.69 Å². The molecular formula is C22H17Cl2N3O4. The topological polar surface area (TPSA) is 106 Å². The first-order valence-corrected chi connectivity index (χ1v) is 9.71. The van der Waals surface area contributed by atoms with E-state index in [-0.39, 0.29) is 38.4 Å². The summed E-state index contributed by atoms with van der Waals surface area (Å²) < 4.78 is 9.92. The van der Waals surface area contributed by atoms with Crippen LogP contribution in [0.1, 0.15) is 11.5 Å². The maximum absolute atomic E-state index is 12.9. The van der Waals surface area contributed by atoms with Crippen molar-refractivity contribution in [2.45, 2.75) is 5.92 Å². The number of rotatable bonds is 4. The van der Waals surface area contributed by atoms with Gasteiger partial charge in [-0.15, -0.1) is 0 Å². The van der Waals surface area contributed by atoms with Gasteiger partial charge in [-0.25, -0.2) is 9.59 Å². The van der Waals surface area contributed by atoms with Gasteiger partial charge in [0.15, 0.2) is 0 Å². The van der Waals surface area contributed by atoms with Gasteiger partial charge in [-0.05, 0) is 23.8 Å². The highest BCUT2D eigenvalue weighted by Gasteiger charge is 2.43. The number of hydrogen-bond donors (Lipinski definition) is 1. The first-order valence-electron chi connectivity index (χ1n) is 8.95. The minimum absolute atomic E-state index is 0.0513. The van der Waals surface area contributed by atoms with Crippen molar-refractivity contribution in [1.82, 2.24) is 0 Å². The van der Waals surface area contributed by atoms with Crippen LogP contribution in [0.3, 0.4) is 0 Å². The molecule has 1 heterocycles. The molecule has 0 aliphatic carbocycles. The summed E-state index contributed by atoms with van der Waals surface area (Å²) in [6, 6.07) is 15.3. The number of anilines is 1. The lowest BCUT2D eigenvalue weighted by atomic mass is 9.81. The monoisotopic (exact) mass is 457 g/mol. The molecule has 0 aromatic heterocycles. The third-order valence-corrected chi connectivity index (χ3v) is 5.15. The van der Waals surface area contributed by atoms with Crippen LogP contribution in [0.5, 0.6) is 0 Å². The Morgan fingerprint density at radius 3 is 2.13 bits per heavy atom. The molecule has 2 aromatic carbocycles. The van der Waals surface area contributed by atoms with Crippen LogP contribution in [-0.2, 0) is 19.1 Å². The number of halogens is 2. The molecule has 1 aliphatic rings. The number of hydrogen-bond acceptors (Lipinski definition) is 7. The van der Waals surface area contributed by atoms with E-state index in [2.05, 4.69) is 6.07 Å². The van der Waals surface area contributed by atoms with E-state index in [4.69, 9.17) is 38.4 Å². The molecule has 1 unspecified atom stereocenters. The minimum atomic E-state index is -0.946. The second kappa shape index (κ2) is 9.13. The Morgan fingerprint density at radius 1 is 1.03 bits per heavy atom. The smallest absolute Gasteiger partial charge is 0.355 e. The van der Waals surface area contributed by atoms with Crippen molar-refractivity contribution in [2.24, 2.45) is 5.73 Å². The van der Waals surface area contributed by atoms with Crippen LogP contribution in [0.15, 0.2) is 71.2 Å². The van der Waals surface area contributed by atoms with Crippen LogP contribution >= 0.6 is 23.2 Å². The Morgan fingerprint density at radius 2 is 1.61 bits per heavy atom. The number of ether oxygens (including phenoxy) is 2. The SMILES string of the molecule is COC(=O)C1=C(C(=O)OC)N(c2cc(Cl)cc(Cl)c2)C(N)=C(C#N)C1c1ccccc1. The fraction of sp³-hybridized carbons (Fsp3) is 0.136. The summed E-state index contributed by atoms with van der Waals surface area (Å²) in [5.74, 6) is -2.67. The Balaban J connectivity index is 2.43. The molecule has 7 nitrogen and oxygen atoms in total. The number of methoxy groups -OCH3 is 2.